The molecule has 0 aliphatic carbocycles. The van der Waals surface area contributed by atoms with Gasteiger partial charge in [-0.2, -0.15) is 0 Å². The lowest BCUT2D eigenvalue weighted by atomic mass is 9.96. The first-order valence-electron chi connectivity index (χ1n) is 12.4. The highest BCUT2D eigenvalue weighted by Crippen LogP contribution is 2.42. The van der Waals surface area contributed by atoms with Gasteiger partial charge in [0.25, 0.3) is 0 Å². The first-order valence-corrected chi connectivity index (χ1v) is 12.4. The lowest BCUT2D eigenvalue weighted by Gasteiger charge is -2.43. The number of halogens is 1. The van der Waals surface area contributed by atoms with Crippen LogP contribution in [0.4, 0.5) is 14.9 Å². The fourth-order valence-electron chi connectivity index (χ4n) is 5.09. The minimum atomic E-state index is -0.849. The first kappa shape index (κ1) is 24.7. The van der Waals surface area contributed by atoms with E-state index in [1.54, 1.807) is 4.90 Å². The van der Waals surface area contributed by atoms with E-state index in [9.17, 15) is 14.0 Å². The van der Waals surface area contributed by atoms with Crippen molar-refractivity contribution in [2.75, 3.05) is 11.4 Å². The number of urea groups is 1. The number of hydrogen-bond acceptors (Lipinski definition) is 6. The van der Waals surface area contributed by atoms with Gasteiger partial charge in [-0.1, -0.05) is 31.5 Å². The van der Waals surface area contributed by atoms with Gasteiger partial charge in [0.2, 0.25) is 5.91 Å². The molecule has 0 spiro atoms. The molecule has 3 aliphatic heterocycles. The summed E-state index contributed by atoms with van der Waals surface area (Å²) in [5.41, 5.74) is 0.334. The van der Waals surface area contributed by atoms with Crippen LogP contribution in [0, 0.1) is 5.82 Å². The van der Waals surface area contributed by atoms with Gasteiger partial charge in [-0.05, 0) is 56.7 Å². The summed E-state index contributed by atoms with van der Waals surface area (Å²) in [5, 5.41) is 0. The van der Waals surface area contributed by atoms with Crippen molar-refractivity contribution in [2.24, 2.45) is 0 Å². The van der Waals surface area contributed by atoms with Crippen LogP contribution in [0.2, 0.25) is 0 Å². The highest BCUT2D eigenvalue weighted by molar-refractivity contribution is 6.16. The van der Waals surface area contributed by atoms with Crippen molar-refractivity contribution in [3.63, 3.8) is 0 Å². The molecule has 5 atom stereocenters. The Bertz CT molecular complexity index is 1100. The number of para-hydroxylation sites is 1. The number of rotatable bonds is 7. The van der Waals surface area contributed by atoms with Crippen molar-refractivity contribution in [3.8, 4) is 5.75 Å². The van der Waals surface area contributed by atoms with Gasteiger partial charge in [0.05, 0.1) is 18.2 Å². The quantitative estimate of drug-likeness (QED) is 0.560. The zero-order valence-corrected chi connectivity index (χ0v) is 20.6. The molecular formula is C27H31FN2O6. The molecule has 0 radical (unpaired) electrons. The van der Waals surface area contributed by atoms with Gasteiger partial charge in [0.1, 0.15) is 17.7 Å². The molecule has 0 bridgehead atoms. The summed E-state index contributed by atoms with van der Waals surface area (Å²) in [5.74, 6) is -1.04. The Kier molecular flexibility index (Phi) is 6.72. The van der Waals surface area contributed by atoms with Crippen LogP contribution in [0.1, 0.15) is 40.0 Å². The van der Waals surface area contributed by atoms with E-state index in [1.165, 1.54) is 24.3 Å². The smallest absolute Gasteiger partial charge is 0.331 e. The Morgan fingerprint density at radius 1 is 1.03 bits per heavy atom. The van der Waals surface area contributed by atoms with Crippen molar-refractivity contribution in [3.05, 3.63) is 60.4 Å². The van der Waals surface area contributed by atoms with Crippen LogP contribution < -0.4 is 9.64 Å². The van der Waals surface area contributed by atoms with E-state index in [2.05, 4.69) is 0 Å². The van der Waals surface area contributed by atoms with E-state index >= 15 is 0 Å². The maximum absolute atomic E-state index is 13.7. The monoisotopic (exact) mass is 498 g/mol. The molecule has 8 nitrogen and oxygen atoms in total. The largest absolute Gasteiger partial charge is 0.485 e. The van der Waals surface area contributed by atoms with Crippen LogP contribution >= 0.6 is 0 Å². The fraction of sp³-hybridized carbons (Fsp3) is 0.481. The third-order valence-corrected chi connectivity index (χ3v) is 6.73. The molecule has 3 amide bonds. The molecule has 5 rings (SSSR count). The van der Waals surface area contributed by atoms with Crippen LogP contribution in [-0.2, 0) is 19.0 Å². The SMILES string of the molecule is CCCCN1C(=O)N(c2ccc(F)cc2)C(=O)C[C@H]1C1OC2OC(C)(C)OC2[C@H]1Oc1ccccc1. The van der Waals surface area contributed by atoms with Gasteiger partial charge < -0.3 is 23.8 Å². The molecule has 3 fully saturated rings. The Morgan fingerprint density at radius 2 is 1.75 bits per heavy atom. The number of amides is 3. The van der Waals surface area contributed by atoms with E-state index in [1.807, 2.05) is 51.1 Å². The molecule has 9 heteroatoms. The maximum atomic E-state index is 13.7. The van der Waals surface area contributed by atoms with E-state index in [-0.39, 0.29) is 12.3 Å². The molecule has 3 heterocycles. The summed E-state index contributed by atoms with van der Waals surface area (Å²) >= 11 is 0. The molecule has 3 saturated heterocycles. The zero-order valence-electron chi connectivity index (χ0n) is 20.6. The molecule has 0 saturated carbocycles. The number of anilines is 1. The summed E-state index contributed by atoms with van der Waals surface area (Å²) < 4.78 is 38.3. The lowest BCUT2D eigenvalue weighted by Crippen LogP contribution is -2.63. The molecule has 0 aromatic heterocycles. The fourth-order valence-corrected chi connectivity index (χ4v) is 5.09. The number of nitrogens with zero attached hydrogens (tertiary/aromatic N) is 2. The Balaban J connectivity index is 1.46. The summed E-state index contributed by atoms with van der Waals surface area (Å²) in [6.07, 6.45) is -0.845. The topological polar surface area (TPSA) is 77.5 Å². The van der Waals surface area contributed by atoms with Crippen LogP contribution in [0.3, 0.4) is 0 Å². The summed E-state index contributed by atoms with van der Waals surface area (Å²) in [6, 6.07) is 13.6. The standard InChI is InChI=1S/C27H31FN2O6/c1-4-5-15-29-20(16-21(31)30(26(29)32)18-13-11-17(28)12-14-18)22-23(33-19-9-7-6-8-10-19)24-25(34-22)36-27(2,3)35-24/h6-14,20,22-25H,4-5,15-16H2,1-3H3/t20-,22?,23-,24?,25?/m0/s1. The van der Waals surface area contributed by atoms with Crippen molar-refractivity contribution in [1.82, 2.24) is 4.90 Å². The number of carbonyl (C=O) groups is 2. The predicted octanol–water partition coefficient (Wildman–Crippen LogP) is 4.48. The van der Waals surface area contributed by atoms with Crippen LogP contribution in [0.5, 0.6) is 5.75 Å². The molecule has 2 aromatic rings. The van der Waals surface area contributed by atoms with E-state index in [0.717, 1.165) is 17.7 Å². The third kappa shape index (κ3) is 4.70. The summed E-state index contributed by atoms with van der Waals surface area (Å²) in [6.45, 7) is 6.09. The molecule has 3 aliphatic rings. The minimum Gasteiger partial charge on any atom is -0.485 e. The van der Waals surface area contributed by atoms with Crippen molar-refractivity contribution in [2.45, 2.75) is 76.5 Å². The molecule has 36 heavy (non-hydrogen) atoms. The Hall–Kier alpha value is -3.01. The second-order valence-electron chi connectivity index (χ2n) is 9.77. The molecule has 192 valence electrons. The second-order valence-corrected chi connectivity index (χ2v) is 9.77. The normalized spacial score (nSPS) is 29.5. The van der Waals surface area contributed by atoms with Crippen molar-refractivity contribution < 1.29 is 32.9 Å². The highest BCUT2D eigenvalue weighted by Gasteiger charge is 2.60. The van der Waals surface area contributed by atoms with Gasteiger partial charge in [-0.3, -0.25) is 4.79 Å². The zero-order chi connectivity index (χ0) is 25.4. The van der Waals surface area contributed by atoms with Gasteiger partial charge in [0, 0.05) is 6.54 Å². The molecule has 2 aromatic carbocycles. The van der Waals surface area contributed by atoms with Crippen LogP contribution in [0.25, 0.3) is 0 Å². The number of unbranched alkanes of at least 4 members (excludes halogenated alkanes) is 1. The summed E-state index contributed by atoms with van der Waals surface area (Å²) in [7, 11) is 0. The Labute approximate surface area is 209 Å². The molecule has 3 unspecified atom stereocenters. The predicted molar refractivity (Wildman–Crippen MR) is 129 cm³/mol. The highest BCUT2D eigenvalue weighted by atomic mass is 19.1. The van der Waals surface area contributed by atoms with Gasteiger partial charge >= 0.3 is 6.03 Å². The number of hydrogen-bond donors (Lipinski definition) is 0. The number of benzene rings is 2. The van der Waals surface area contributed by atoms with Gasteiger partial charge in [-0.25, -0.2) is 14.1 Å². The van der Waals surface area contributed by atoms with E-state index in [4.69, 9.17) is 18.9 Å². The number of carbonyl (C=O) groups excluding carboxylic acids is 2. The number of imide groups is 1. The first-order chi connectivity index (χ1) is 17.3. The second kappa shape index (κ2) is 9.80. The van der Waals surface area contributed by atoms with Crippen molar-refractivity contribution in [1.29, 1.82) is 0 Å². The van der Waals surface area contributed by atoms with Crippen LogP contribution in [-0.4, -0.2) is 59.8 Å². The summed E-state index contributed by atoms with van der Waals surface area (Å²) in [4.78, 5) is 29.8. The van der Waals surface area contributed by atoms with Gasteiger partial charge in [0.15, 0.2) is 24.3 Å². The Morgan fingerprint density at radius 3 is 2.44 bits per heavy atom. The minimum absolute atomic E-state index is 0.0228. The van der Waals surface area contributed by atoms with Crippen molar-refractivity contribution >= 4 is 17.6 Å². The maximum Gasteiger partial charge on any atom is 0.331 e. The lowest BCUT2D eigenvalue weighted by molar-refractivity contribution is -0.219. The number of ether oxygens (including phenoxy) is 4. The van der Waals surface area contributed by atoms with Crippen LogP contribution in [0.15, 0.2) is 54.6 Å². The van der Waals surface area contributed by atoms with E-state index < -0.39 is 48.3 Å². The average molecular weight is 499 g/mol. The molecular weight excluding hydrogens is 467 g/mol. The van der Waals surface area contributed by atoms with E-state index in [0.29, 0.717) is 18.0 Å². The third-order valence-electron chi connectivity index (χ3n) is 6.73. The average Bonchev–Trinajstić information content (AvgIpc) is 3.32. The number of fused-ring (bicyclic) bond motifs is 1. The van der Waals surface area contributed by atoms with Gasteiger partial charge in [-0.15, -0.1) is 0 Å². The molecule has 0 N–H and O–H groups in total.